The van der Waals surface area contributed by atoms with Crippen LogP contribution in [0, 0.1) is 0 Å². The Labute approximate surface area is 169 Å². The minimum absolute atomic E-state index is 0.0187. The highest BCUT2D eigenvalue weighted by Gasteiger charge is 2.40. The average molecular weight is 403 g/mol. The van der Waals surface area contributed by atoms with Gasteiger partial charge in [0.15, 0.2) is 0 Å². The number of rotatable bonds is 7. The molecule has 2 aromatic rings. The monoisotopic (exact) mass is 402 g/mol. The molecule has 1 atom stereocenters. The average Bonchev–Trinajstić information content (AvgIpc) is 2.68. The first-order valence-electron chi connectivity index (χ1n) is 9.08. The topological polar surface area (TPSA) is 81.9 Å². The van der Waals surface area contributed by atoms with Crippen LogP contribution >= 0.6 is 11.6 Å². The largest absolute Gasteiger partial charge is 0.490 e. The van der Waals surface area contributed by atoms with Crippen molar-refractivity contribution < 1.29 is 19.1 Å². The molecule has 0 unspecified atom stereocenters. The lowest BCUT2D eigenvalue weighted by atomic mass is 9.97. The molecule has 0 spiro atoms. The molecule has 1 aliphatic rings. The predicted molar refractivity (Wildman–Crippen MR) is 106 cm³/mol. The van der Waals surface area contributed by atoms with Crippen LogP contribution in [0.2, 0.25) is 5.02 Å². The van der Waals surface area contributed by atoms with Gasteiger partial charge in [0.05, 0.1) is 26.0 Å². The second kappa shape index (κ2) is 9.08. The number of amides is 2. The second-order valence-corrected chi connectivity index (χ2v) is 7.33. The summed E-state index contributed by atoms with van der Waals surface area (Å²) in [6, 6.07) is 16.5. The summed E-state index contributed by atoms with van der Waals surface area (Å²) in [5.74, 6) is 0.0801. The van der Waals surface area contributed by atoms with Crippen molar-refractivity contribution in [3.8, 4) is 5.75 Å². The maximum atomic E-state index is 12.8. The molecule has 148 valence electrons. The third-order valence-electron chi connectivity index (χ3n) is 4.61. The number of nitrogens with two attached hydrogens (primary N) is 1. The molecule has 0 aliphatic carbocycles. The van der Waals surface area contributed by atoms with E-state index in [0.29, 0.717) is 30.3 Å². The summed E-state index contributed by atoms with van der Waals surface area (Å²) in [6.45, 7) is 1.13. The van der Waals surface area contributed by atoms with Gasteiger partial charge in [0.25, 0.3) is 0 Å². The summed E-state index contributed by atoms with van der Waals surface area (Å²) in [5, 5.41) is 0.603. The Bertz CT molecular complexity index is 813. The number of ether oxygens (including phenoxy) is 2. The fourth-order valence-corrected chi connectivity index (χ4v) is 3.37. The van der Waals surface area contributed by atoms with Gasteiger partial charge in [0, 0.05) is 11.6 Å². The van der Waals surface area contributed by atoms with Crippen LogP contribution in [-0.4, -0.2) is 48.6 Å². The molecule has 0 radical (unpaired) electrons. The molecule has 6 nitrogen and oxygen atoms in total. The minimum atomic E-state index is -0.976. The van der Waals surface area contributed by atoms with Gasteiger partial charge in [-0.1, -0.05) is 41.9 Å². The number of carbonyl (C=O) groups is 2. The predicted octanol–water partition coefficient (Wildman–Crippen LogP) is 2.43. The molecule has 1 aliphatic heterocycles. The zero-order valence-electron chi connectivity index (χ0n) is 15.5. The number of benzene rings is 2. The number of morpholine rings is 1. The van der Waals surface area contributed by atoms with Crippen molar-refractivity contribution in [2.24, 2.45) is 5.73 Å². The summed E-state index contributed by atoms with van der Waals surface area (Å²) >= 11 is 5.89. The first-order chi connectivity index (χ1) is 13.5. The number of primary amides is 1. The number of halogens is 1. The molecule has 3 rings (SSSR count). The van der Waals surface area contributed by atoms with E-state index in [2.05, 4.69) is 0 Å². The van der Waals surface area contributed by atoms with Gasteiger partial charge in [-0.15, -0.1) is 0 Å². The zero-order valence-corrected chi connectivity index (χ0v) is 16.2. The molecule has 0 bridgehead atoms. The van der Waals surface area contributed by atoms with Crippen molar-refractivity contribution in [3.63, 3.8) is 0 Å². The first kappa shape index (κ1) is 20.2. The van der Waals surface area contributed by atoms with Gasteiger partial charge in [-0.3, -0.25) is 9.59 Å². The van der Waals surface area contributed by atoms with Crippen LogP contribution in [0.5, 0.6) is 5.75 Å². The van der Waals surface area contributed by atoms with Crippen molar-refractivity contribution in [1.29, 1.82) is 0 Å². The quantitative estimate of drug-likeness (QED) is 0.771. The molecule has 1 saturated heterocycles. The second-order valence-electron chi connectivity index (χ2n) is 6.89. The number of hydrogen-bond donors (Lipinski definition) is 1. The Hall–Kier alpha value is -2.57. The molecule has 1 fully saturated rings. The van der Waals surface area contributed by atoms with Crippen LogP contribution in [0.4, 0.5) is 0 Å². The molecule has 2 aromatic carbocycles. The highest BCUT2D eigenvalue weighted by atomic mass is 35.5. The molecule has 7 heteroatoms. The molecular weight excluding hydrogens is 380 g/mol. The van der Waals surface area contributed by atoms with Gasteiger partial charge >= 0.3 is 0 Å². The van der Waals surface area contributed by atoms with Gasteiger partial charge in [-0.2, -0.15) is 0 Å². The van der Waals surface area contributed by atoms with E-state index in [1.807, 2.05) is 30.3 Å². The Kier molecular flexibility index (Phi) is 6.54. The van der Waals surface area contributed by atoms with Crippen molar-refractivity contribution in [1.82, 2.24) is 4.90 Å². The van der Waals surface area contributed by atoms with Gasteiger partial charge in [-0.25, -0.2) is 0 Å². The van der Waals surface area contributed by atoms with Crippen LogP contribution in [0.3, 0.4) is 0 Å². The van der Waals surface area contributed by atoms with Crippen LogP contribution in [0.15, 0.2) is 54.6 Å². The van der Waals surface area contributed by atoms with Crippen LogP contribution < -0.4 is 10.5 Å². The lowest BCUT2D eigenvalue weighted by Gasteiger charge is -2.42. The van der Waals surface area contributed by atoms with Gasteiger partial charge < -0.3 is 20.1 Å². The van der Waals surface area contributed by atoms with Crippen LogP contribution in [0.1, 0.15) is 12.0 Å². The van der Waals surface area contributed by atoms with E-state index >= 15 is 0 Å². The maximum Gasteiger partial charge on any atom is 0.227 e. The standard InChI is InChI=1S/C21H23ClN2O4/c22-17-6-8-18(9-7-17)27-15-21(13-19(23)25)14-24(10-11-28-21)20(26)12-16-4-2-1-3-5-16/h1-9H,10-15H2,(H2,23,25)/t21-/m1/s1. The number of carbonyl (C=O) groups excluding carboxylic acids is 2. The summed E-state index contributed by atoms with van der Waals surface area (Å²) in [6.07, 6.45) is 0.265. The fraction of sp³-hybridized carbons (Fsp3) is 0.333. The third kappa shape index (κ3) is 5.47. The Morgan fingerprint density at radius 1 is 1.14 bits per heavy atom. The van der Waals surface area contributed by atoms with E-state index in [9.17, 15) is 9.59 Å². The van der Waals surface area contributed by atoms with Crippen LogP contribution in [-0.2, 0) is 20.7 Å². The Balaban J connectivity index is 1.69. The lowest BCUT2D eigenvalue weighted by Crippen LogP contribution is -2.58. The van der Waals surface area contributed by atoms with Gasteiger partial charge in [-0.05, 0) is 29.8 Å². The van der Waals surface area contributed by atoms with E-state index in [4.69, 9.17) is 26.8 Å². The lowest BCUT2D eigenvalue weighted by molar-refractivity contribution is -0.161. The summed E-state index contributed by atoms with van der Waals surface area (Å²) in [4.78, 5) is 26.1. The Morgan fingerprint density at radius 2 is 1.86 bits per heavy atom. The zero-order chi connectivity index (χ0) is 20.0. The van der Waals surface area contributed by atoms with E-state index in [0.717, 1.165) is 5.56 Å². The maximum absolute atomic E-state index is 12.8. The molecule has 0 saturated carbocycles. The van der Waals surface area contributed by atoms with Crippen molar-refractivity contribution in [3.05, 3.63) is 65.2 Å². The third-order valence-corrected chi connectivity index (χ3v) is 4.86. The molecule has 28 heavy (non-hydrogen) atoms. The van der Waals surface area contributed by atoms with E-state index < -0.39 is 11.5 Å². The highest BCUT2D eigenvalue weighted by molar-refractivity contribution is 6.30. The Morgan fingerprint density at radius 3 is 2.54 bits per heavy atom. The van der Waals surface area contributed by atoms with Crippen LogP contribution in [0.25, 0.3) is 0 Å². The molecule has 1 heterocycles. The number of nitrogens with zero attached hydrogens (tertiary/aromatic N) is 1. The first-order valence-corrected chi connectivity index (χ1v) is 9.46. The molecular formula is C21H23ClN2O4. The normalized spacial score (nSPS) is 19.2. The van der Waals surface area contributed by atoms with E-state index in [1.165, 1.54) is 0 Å². The molecule has 0 aromatic heterocycles. The van der Waals surface area contributed by atoms with Gasteiger partial charge in [0.1, 0.15) is 18.0 Å². The summed E-state index contributed by atoms with van der Waals surface area (Å²) < 4.78 is 11.7. The van der Waals surface area contributed by atoms with E-state index in [1.54, 1.807) is 29.2 Å². The van der Waals surface area contributed by atoms with Gasteiger partial charge in [0.2, 0.25) is 11.8 Å². The van der Waals surface area contributed by atoms with Crippen molar-refractivity contribution in [2.75, 3.05) is 26.3 Å². The summed E-state index contributed by atoms with van der Waals surface area (Å²) in [7, 11) is 0. The number of hydrogen-bond acceptors (Lipinski definition) is 4. The fourth-order valence-electron chi connectivity index (χ4n) is 3.25. The van der Waals surface area contributed by atoms with E-state index in [-0.39, 0.29) is 25.5 Å². The molecule has 2 N–H and O–H groups in total. The summed E-state index contributed by atoms with van der Waals surface area (Å²) in [5.41, 5.74) is 5.41. The van der Waals surface area contributed by atoms with Crippen molar-refractivity contribution >= 4 is 23.4 Å². The SMILES string of the molecule is NC(=O)C[C@]1(COc2ccc(Cl)cc2)CN(C(=O)Cc2ccccc2)CCO1. The van der Waals surface area contributed by atoms with Crippen molar-refractivity contribution in [2.45, 2.75) is 18.4 Å². The highest BCUT2D eigenvalue weighted by Crippen LogP contribution is 2.25. The smallest absolute Gasteiger partial charge is 0.227 e. The minimum Gasteiger partial charge on any atom is -0.490 e. The molecule has 2 amide bonds.